The van der Waals surface area contributed by atoms with Gasteiger partial charge in [0.05, 0.1) is 12.8 Å². The van der Waals surface area contributed by atoms with Gasteiger partial charge in [0.25, 0.3) is 0 Å². The van der Waals surface area contributed by atoms with E-state index in [0.29, 0.717) is 19.4 Å². The molecule has 0 bridgehead atoms. The number of methoxy groups -OCH3 is 1. The SMILES string of the molecule is CCCCN(CCCC)CCNC(=O)CN1N=C(c2ccc(OC)cc2)CCC1=O. The highest BCUT2D eigenvalue weighted by Crippen LogP contribution is 2.18. The molecule has 1 aliphatic rings. The maximum atomic E-state index is 12.4. The quantitative estimate of drug-likeness (QED) is 0.536. The molecule has 30 heavy (non-hydrogen) atoms. The van der Waals surface area contributed by atoms with E-state index in [0.717, 1.165) is 36.7 Å². The lowest BCUT2D eigenvalue weighted by Gasteiger charge is -2.24. The van der Waals surface area contributed by atoms with Crippen molar-refractivity contribution >= 4 is 17.5 Å². The summed E-state index contributed by atoms with van der Waals surface area (Å²) in [5, 5.41) is 8.68. The Morgan fingerprint density at radius 3 is 2.37 bits per heavy atom. The molecular weight excluding hydrogens is 380 g/mol. The van der Waals surface area contributed by atoms with Crippen LogP contribution in [-0.2, 0) is 9.59 Å². The van der Waals surface area contributed by atoms with Gasteiger partial charge in [-0.25, -0.2) is 5.01 Å². The first-order valence-electron chi connectivity index (χ1n) is 11.1. The number of nitrogens with one attached hydrogen (secondary N) is 1. The largest absolute Gasteiger partial charge is 0.497 e. The Labute approximate surface area is 180 Å². The van der Waals surface area contributed by atoms with Crippen molar-refractivity contribution in [2.45, 2.75) is 52.4 Å². The lowest BCUT2D eigenvalue weighted by atomic mass is 10.0. The fraction of sp³-hybridized carbons (Fsp3) is 0.609. The summed E-state index contributed by atoms with van der Waals surface area (Å²) in [6.45, 7) is 7.89. The molecule has 2 amide bonds. The third-order valence-electron chi connectivity index (χ3n) is 5.23. The lowest BCUT2D eigenvalue weighted by molar-refractivity contribution is -0.136. The van der Waals surface area contributed by atoms with Gasteiger partial charge in [0.15, 0.2) is 0 Å². The smallest absolute Gasteiger partial charge is 0.243 e. The van der Waals surface area contributed by atoms with Crippen LogP contribution >= 0.6 is 0 Å². The van der Waals surface area contributed by atoms with Crippen LogP contribution in [0, 0.1) is 0 Å². The first-order valence-corrected chi connectivity index (χ1v) is 11.1. The predicted molar refractivity (Wildman–Crippen MR) is 120 cm³/mol. The van der Waals surface area contributed by atoms with Crippen LogP contribution in [0.4, 0.5) is 0 Å². The van der Waals surface area contributed by atoms with E-state index in [9.17, 15) is 9.59 Å². The van der Waals surface area contributed by atoms with Crippen LogP contribution in [0.2, 0.25) is 0 Å². The van der Waals surface area contributed by atoms with Gasteiger partial charge in [-0.3, -0.25) is 9.59 Å². The molecule has 1 N–H and O–H groups in total. The topological polar surface area (TPSA) is 74.2 Å². The third-order valence-corrected chi connectivity index (χ3v) is 5.23. The molecule has 1 heterocycles. The van der Waals surface area contributed by atoms with Crippen LogP contribution in [0.3, 0.4) is 0 Å². The number of hydrogen-bond acceptors (Lipinski definition) is 5. The standard InChI is InChI=1S/C23H36N4O3/c1-4-6-15-26(16-7-5-2)17-14-24-22(28)18-27-23(29)13-12-21(25-27)19-8-10-20(30-3)11-9-19/h8-11H,4-7,12-18H2,1-3H3,(H,24,28). The third kappa shape index (κ3) is 7.78. The predicted octanol–water partition coefficient (Wildman–Crippen LogP) is 3.04. The van der Waals surface area contributed by atoms with Crippen molar-refractivity contribution in [2.24, 2.45) is 5.10 Å². The summed E-state index contributed by atoms with van der Waals surface area (Å²) >= 11 is 0. The summed E-state index contributed by atoms with van der Waals surface area (Å²) in [6, 6.07) is 7.59. The monoisotopic (exact) mass is 416 g/mol. The highest BCUT2D eigenvalue weighted by Gasteiger charge is 2.23. The molecule has 0 spiro atoms. The lowest BCUT2D eigenvalue weighted by Crippen LogP contribution is -2.42. The van der Waals surface area contributed by atoms with Gasteiger partial charge < -0.3 is 15.0 Å². The molecule has 0 fully saturated rings. The van der Waals surface area contributed by atoms with Crippen molar-refractivity contribution in [3.8, 4) is 5.75 Å². The Bertz CT molecular complexity index is 695. The molecule has 0 unspecified atom stereocenters. The number of rotatable bonds is 13. The summed E-state index contributed by atoms with van der Waals surface area (Å²) in [6.07, 6.45) is 5.61. The molecule has 0 saturated carbocycles. The molecule has 1 aliphatic heterocycles. The van der Waals surface area contributed by atoms with E-state index in [1.54, 1.807) is 7.11 Å². The van der Waals surface area contributed by atoms with E-state index in [-0.39, 0.29) is 18.4 Å². The van der Waals surface area contributed by atoms with Gasteiger partial charge in [-0.15, -0.1) is 0 Å². The van der Waals surface area contributed by atoms with E-state index in [1.165, 1.54) is 30.7 Å². The number of carbonyl (C=O) groups is 2. The average Bonchev–Trinajstić information content (AvgIpc) is 2.76. The molecule has 7 nitrogen and oxygen atoms in total. The van der Waals surface area contributed by atoms with Gasteiger partial charge in [-0.1, -0.05) is 26.7 Å². The van der Waals surface area contributed by atoms with Crippen molar-refractivity contribution < 1.29 is 14.3 Å². The van der Waals surface area contributed by atoms with Crippen molar-refractivity contribution in [1.82, 2.24) is 15.2 Å². The van der Waals surface area contributed by atoms with Gasteiger partial charge in [-0.2, -0.15) is 5.10 Å². The highest BCUT2D eigenvalue weighted by atomic mass is 16.5. The minimum atomic E-state index is -0.172. The fourth-order valence-electron chi connectivity index (χ4n) is 3.36. The Morgan fingerprint density at radius 2 is 1.77 bits per heavy atom. The number of ether oxygens (including phenoxy) is 1. The molecule has 166 valence electrons. The van der Waals surface area contributed by atoms with Gasteiger partial charge in [-0.05, 0) is 55.8 Å². The molecule has 7 heteroatoms. The Hall–Kier alpha value is -2.41. The van der Waals surface area contributed by atoms with Crippen molar-refractivity contribution in [1.29, 1.82) is 0 Å². The number of carbonyl (C=O) groups excluding carboxylic acids is 2. The Kier molecular flexibility index (Phi) is 10.3. The van der Waals surface area contributed by atoms with Crippen LogP contribution in [-0.4, -0.2) is 67.3 Å². The van der Waals surface area contributed by atoms with Crippen LogP contribution in [0.1, 0.15) is 57.9 Å². The number of unbranched alkanes of at least 4 members (excludes halogenated alkanes) is 2. The Balaban J connectivity index is 1.86. The fourth-order valence-corrected chi connectivity index (χ4v) is 3.36. The second-order valence-corrected chi connectivity index (χ2v) is 7.63. The molecule has 0 radical (unpaired) electrons. The summed E-state index contributed by atoms with van der Waals surface area (Å²) < 4.78 is 5.18. The zero-order valence-electron chi connectivity index (χ0n) is 18.7. The van der Waals surface area contributed by atoms with E-state index in [1.807, 2.05) is 24.3 Å². The van der Waals surface area contributed by atoms with Gasteiger partial charge in [0.1, 0.15) is 12.3 Å². The molecule has 0 aromatic heterocycles. The van der Waals surface area contributed by atoms with Crippen molar-refractivity contribution in [3.63, 3.8) is 0 Å². The summed E-state index contributed by atoms with van der Waals surface area (Å²) in [5.74, 6) is 0.485. The summed E-state index contributed by atoms with van der Waals surface area (Å²) in [4.78, 5) is 27.0. The van der Waals surface area contributed by atoms with Crippen molar-refractivity contribution in [2.75, 3.05) is 39.8 Å². The van der Waals surface area contributed by atoms with Gasteiger partial charge >= 0.3 is 0 Å². The Morgan fingerprint density at radius 1 is 1.10 bits per heavy atom. The van der Waals surface area contributed by atoms with Crippen LogP contribution in [0.15, 0.2) is 29.4 Å². The highest BCUT2D eigenvalue weighted by molar-refractivity contribution is 6.04. The second-order valence-electron chi connectivity index (χ2n) is 7.63. The van der Waals surface area contributed by atoms with Crippen LogP contribution in [0.5, 0.6) is 5.75 Å². The van der Waals surface area contributed by atoms with Gasteiger partial charge in [0, 0.05) is 25.9 Å². The zero-order valence-corrected chi connectivity index (χ0v) is 18.7. The molecule has 2 rings (SSSR count). The molecule has 0 saturated heterocycles. The summed E-state index contributed by atoms with van der Waals surface area (Å²) in [7, 11) is 1.62. The van der Waals surface area contributed by atoms with Gasteiger partial charge in [0.2, 0.25) is 11.8 Å². The normalized spacial score (nSPS) is 14.1. The number of benzene rings is 1. The number of hydrazone groups is 1. The number of hydrogen-bond donors (Lipinski definition) is 1. The first-order chi connectivity index (χ1) is 14.6. The molecule has 0 aliphatic carbocycles. The average molecular weight is 417 g/mol. The van der Waals surface area contributed by atoms with Crippen LogP contribution < -0.4 is 10.1 Å². The first kappa shape index (κ1) is 23.9. The molecule has 1 aromatic carbocycles. The molecule has 0 atom stereocenters. The van der Waals surface area contributed by atoms with E-state index < -0.39 is 0 Å². The molecule has 1 aromatic rings. The maximum Gasteiger partial charge on any atom is 0.243 e. The molecular formula is C23H36N4O3. The van der Waals surface area contributed by atoms with E-state index in [2.05, 4.69) is 29.2 Å². The second kappa shape index (κ2) is 13.0. The van der Waals surface area contributed by atoms with Crippen LogP contribution in [0.25, 0.3) is 0 Å². The number of amides is 2. The maximum absolute atomic E-state index is 12.4. The summed E-state index contributed by atoms with van der Waals surface area (Å²) in [5.41, 5.74) is 1.76. The van der Waals surface area contributed by atoms with E-state index >= 15 is 0 Å². The minimum absolute atomic E-state index is 0.0393. The number of nitrogens with zero attached hydrogens (tertiary/aromatic N) is 3. The zero-order chi connectivity index (χ0) is 21.8. The van der Waals surface area contributed by atoms with E-state index in [4.69, 9.17) is 4.74 Å². The minimum Gasteiger partial charge on any atom is -0.497 e. The van der Waals surface area contributed by atoms with Crippen molar-refractivity contribution in [3.05, 3.63) is 29.8 Å².